The van der Waals surface area contributed by atoms with E-state index in [0.717, 1.165) is 0 Å². The molecule has 0 bridgehead atoms. The Morgan fingerprint density at radius 3 is 1.98 bits per heavy atom. The number of nitrogens with one attached hydrogen (secondary N) is 6. The Morgan fingerprint density at radius 1 is 0.814 bits per heavy atom. The summed E-state index contributed by atoms with van der Waals surface area (Å²) in [7, 11) is 0. The van der Waals surface area contributed by atoms with Crippen LogP contribution in [0.15, 0.2) is 35.3 Å². The Balaban J connectivity index is 2.38. The molecule has 1 fully saturated rings. The van der Waals surface area contributed by atoms with Gasteiger partial charge in [0.1, 0.15) is 24.2 Å². The summed E-state index contributed by atoms with van der Waals surface area (Å²) in [6.07, 6.45) is -0.545. The third-order valence-corrected chi connectivity index (χ3v) is 6.34. The molecule has 0 aliphatic carbocycles. The van der Waals surface area contributed by atoms with E-state index in [1.165, 1.54) is 0 Å². The number of carbonyl (C=O) groups excluding carboxylic acids is 6. The molecule has 1 heterocycles. The molecule has 0 aromatic heterocycles. The van der Waals surface area contributed by atoms with Gasteiger partial charge in [0.25, 0.3) is 0 Å². The third kappa shape index (κ3) is 11.9. The minimum Gasteiger partial charge on any atom is -0.481 e. The van der Waals surface area contributed by atoms with Crippen LogP contribution in [0.2, 0.25) is 0 Å². The number of amides is 6. The predicted octanol–water partition coefficient (Wildman–Crippen LogP) is -4.00. The third-order valence-electron chi connectivity index (χ3n) is 5.97. The number of nitrogens with zero attached hydrogens (tertiary/aromatic N) is 1. The molecule has 0 saturated carbocycles. The quantitative estimate of drug-likeness (QED) is 0.0581. The van der Waals surface area contributed by atoms with Crippen molar-refractivity contribution >= 4 is 60.0 Å². The summed E-state index contributed by atoms with van der Waals surface area (Å²) in [6, 6.07) is 2.58. The smallest absolute Gasteiger partial charge is 0.305 e. The van der Waals surface area contributed by atoms with Gasteiger partial charge < -0.3 is 48.5 Å². The largest absolute Gasteiger partial charge is 0.481 e. The monoisotopic (exact) mass is 621 g/mol. The van der Waals surface area contributed by atoms with E-state index in [0.29, 0.717) is 5.56 Å². The van der Waals surface area contributed by atoms with Crippen molar-refractivity contribution < 1.29 is 38.7 Å². The maximum atomic E-state index is 13.3. The molecule has 1 aromatic carbocycles. The highest BCUT2D eigenvalue weighted by Gasteiger charge is 2.31. The second-order valence-corrected chi connectivity index (χ2v) is 9.68. The molecule has 11 N–H and O–H groups in total. The molecule has 2 rings (SSSR count). The maximum Gasteiger partial charge on any atom is 0.305 e. The van der Waals surface area contributed by atoms with Gasteiger partial charge in [0.15, 0.2) is 5.96 Å². The highest BCUT2D eigenvalue weighted by molar-refractivity contribution is 7.80. The maximum absolute atomic E-state index is 13.3. The number of rotatable bonds is 8. The van der Waals surface area contributed by atoms with Crippen LogP contribution in [0.1, 0.15) is 30.9 Å². The predicted molar refractivity (Wildman–Crippen MR) is 155 cm³/mol. The molecule has 1 aromatic rings. The van der Waals surface area contributed by atoms with Gasteiger partial charge in [-0.1, -0.05) is 30.3 Å². The summed E-state index contributed by atoms with van der Waals surface area (Å²) in [5.74, 6) is -6.91. The van der Waals surface area contributed by atoms with Gasteiger partial charge in [0.05, 0.1) is 19.5 Å². The zero-order valence-electron chi connectivity index (χ0n) is 23.0. The van der Waals surface area contributed by atoms with Crippen molar-refractivity contribution in [2.45, 2.75) is 43.4 Å². The number of hydrogen-bond donors (Lipinski definition) is 10. The van der Waals surface area contributed by atoms with Crippen molar-refractivity contribution in [3.8, 4) is 0 Å². The SMILES string of the molecule is NC(N)=NCCC[C@@H]1NC(=O)CNC(=O)[C@H](CC(=O)O)NC(=O)[C@H](CS)NC(=O)C(c2ccccc2)NC(=O)CNC1=O. The number of aliphatic imine (C=N–C) groups is 1. The van der Waals surface area contributed by atoms with Crippen LogP contribution in [0.4, 0.5) is 0 Å². The summed E-state index contributed by atoms with van der Waals surface area (Å²) in [5.41, 5.74) is 11.0. The van der Waals surface area contributed by atoms with Crippen LogP contribution in [-0.2, 0) is 33.6 Å². The van der Waals surface area contributed by atoms with Crippen LogP contribution in [0.25, 0.3) is 0 Å². The molecule has 4 atom stereocenters. The topological polar surface area (TPSA) is 276 Å². The fourth-order valence-corrected chi connectivity index (χ4v) is 4.12. The van der Waals surface area contributed by atoms with E-state index in [2.05, 4.69) is 49.5 Å². The van der Waals surface area contributed by atoms with Gasteiger partial charge in [-0.05, 0) is 18.4 Å². The Kier molecular flexibility index (Phi) is 13.7. The van der Waals surface area contributed by atoms with E-state index in [4.69, 9.17) is 11.5 Å². The number of thiol groups is 1. The van der Waals surface area contributed by atoms with E-state index >= 15 is 0 Å². The molecule has 17 nitrogen and oxygen atoms in total. The van der Waals surface area contributed by atoms with Crippen molar-refractivity contribution in [3.05, 3.63) is 35.9 Å². The lowest BCUT2D eigenvalue weighted by Gasteiger charge is -2.25. The van der Waals surface area contributed by atoms with Gasteiger partial charge >= 0.3 is 5.97 Å². The van der Waals surface area contributed by atoms with Gasteiger partial charge in [-0.25, -0.2) is 0 Å². The minimum absolute atomic E-state index is 0.0434. The molecular formula is C25H35N9O8S. The van der Waals surface area contributed by atoms with Crippen LogP contribution in [0, 0.1) is 0 Å². The number of hydrogen-bond acceptors (Lipinski definition) is 9. The molecule has 1 aliphatic heterocycles. The number of nitrogens with two attached hydrogens (primary N) is 2. The van der Waals surface area contributed by atoms with E-state index in [1.54, 1.807) is 30.3 Å². The summed E-state index contributed by atoms with van der Waals surface area (Å²) >= 11 is 4.08. The Bertz CT molecular complexity index is 1230. The van der Waals surface area contributed by atoms with Crippen molar-refractivity contribution in [2.75, 3.05) is 25.4 Å². The minimum atomic E-state index is -1.63. The first kappa shape index (κ1) is 34.3. The number of carbonyl (C=O) groups is 7. The fraction of sp³-hybridized carbons (Fsp3) is 0.440. The Morgan fingerprint density at radius 2 is 1.40 bits per heavy atom. The van der Waals surface area contributed by atoms with Crippen LogP contribution >= 0.6 is 12.6 Å². The summed E-state index contributed by atoms with van der Waals surface area (Å²) in [4.78, 5) is 92.5. The average molecular weight is 622 g/mol. The van der Waals surface area contributed by atoms with Crippen LogP contribution < -0.4 is 43.4 Å². The molecule has 43 heavy (non-hydrogen) atoms. The molecule has 6 amide bonds. The van der Waals surface area contributed by atoms with E-state index in [1.807, 2.05) is 0 Å². The highest BCUT2D eigenvalue weighted by Crippen LogP contribution is 2.13. The van der Waals surface area contributed by atoms with Crippen LogP contribution in [0.5, 0.6) is 0 Å². The Hall–Kier alpha value is -4.87. The van der Waals surface area contributed by atoms with Gasteiger partial charge in [0.2, 0.25) is 35.4 Å². The normalized spacial score (nSPS) is 22.7. The molecule has 0 spiro atoms. The molecule has 18 heteroatoms. The van der Waals surface area contributed by atoms with Crippen LogP contribution in [0.3, 0.4) is 0 Å². The lowest BCUT2D eigenvalue weighted by molar-refractivity contribution is -0.141. The first-order valence-electron chi connectivity index (χ1n) is 13.1. The first-order valence-corrected chi connectivity index (χ1v) is 13.7. The molecule has 234 valence electrons. The number of aliphatic carboxylic acids is 1. The number of guanidine groups is 1. The van der Waals surface area contributed by atoms with E-state index in [-0.39, 0.29) is 31.1 Å². The molecule has 1 saturated heterocycles. The first-order chi connectivity index (χ1) is 20.4. The van der Waals surface area contributed by atoms with Gasteiger partial charge in [-0.2, -0.15) is 12.6 Å². The number of carboxylic acids is 1. The second-order valence-electron chi connectivity index (χ2n) is 9.32. The number of carboxylic acid groups (broad SMARTS) is 1. The Labute approximate surface area is 251 Å². The lowest BCUT2D eigenvalue weighted by atomic mass is 10.1. The zero-order chi connectivity index (χ0) is 31.9. The molecule has 1 unspecified atom stereocenters. The average Bonchev–Trinajstić information content (AvgIpc) is 2.96. The van der Waals surface area contributed by atoms with E-state index in [9.17, 15) is 38.7 Å². The fourth-order valence-electron chi connectivity index (χ4n) is 3.86. The highest BCUT2D eigenvalue weighted by atomic mass is 32.1. The van der Waals surface area contributed by atoms with Gasteiger partial charge in [0, 0.05) is 12.3 Å². The summed E-state index contributed by atoms with van der Waals surface area (Å²) in [6.45, 7) is -1.11. The molecule has 0 radical (unpaired) electrons. The van der Waals surface area contributed by atoms with Crippen LogP contribution in [-0.4, -0.2) is 96.0 Å². The van der Waals surface area contributed by atoms with Gasteiger partial charge in [-0.3, -0.25) is 38.6 Å². The molecular weight excluding hydrogens is 586 g/mol. The van der Waals surface area contributed by atoms with Gasteiger partial charge in [-0.15, -0.1) is 0 Å². The second kappa shape index (κ2) is 17.2. The standard InChI is InChI=1S/C25H35N9O8S/c26-25(27)28-8-4-7-14-21(39)29-11-18(36)34-20(13-5-2-1-3-6-13)24(42)33-16(12-43)23(41)32-15(9-19(37)38)22(40)30-10-17(35)31-14/h1-3,5-6,14-16,20,43H,4,7-12H2,(H,29,39)(H,30,40)(H,31,35)(H,32,41)(H,33,42)(H,34,36)(H,37,38)(H4,26,27,28)/t14-,15-,16-,20?/m0/s1. The van der Waals surface area contributed by atoms with Crippen molar-refractivity contribution in [1.82, 2.24) is 31.9 Å². The van der Waals surface area contributed by atoms with Crippen molar-refractivity contribution in [1.29, 1.82) is 0 Å². The summed E-state index contributed by atoms with van der Waals surface area (Å²) in [5, 5.41) is 23.5. The summed E-state index contributed by atoms with van der Waals surface area (Å²) < 4.78 is 0. The lowest BCUT2D eigenvalue weighted by Crippen LogP contribution is -2.57. The van der Waals surface area contributed by atoms with Crippen molar-refractivity contribution in [3.63, 3.8) is 0 Å². The zero-order valence-corrected chi connectivity index (χ0v) is 23.9. The number of benzene rings is 1. The van der Waals surface area contributed by atoms with E-state index < -0.39 is 85.1 Å². The van der Waals surface area contributed by atoms with Crippen molar-refractivity contribution in [2.24, 2.45) is 16.5 Å². The molecule has 1 aliphatic rings.